The zero-order valence-corrected chi connectivity index (χ0v) is 27.0. The number of para-hydroxylation sites is 1. The Morgan fingerprint density at radius 2 is 0.653 bits per heavy atom. The maximum absolute atomic E-state index is 2.44. The Labute approximate surface area is 287 Å². The number of nitrogens with zero attached hydrogens (tertiary/aromatic N) is 1. The Hall–Kier alpha value is -6.44. The van der Waals surface area contributed by atoms with E-state index in [9.17, 15) is 0 Å². The van der Waals surface area contributed by atoms with Crippen LogP contribution in [0.1, 0.15) is 0 Å². The van der Waals surface area contributed by atoms with Crippen LogP contribution in [0, 0.1) is 0 Å². The molecule has 9 aromatic rings. The lowest BCUT2D eigenvalue weighted by Gasteiger charge is -2.15. The fraction of sp³-hybridized carbons (Fsp3) is 0. The second-order valence-corrected chi connectivity index (χ2v) is 12.6. The molecule has 1 aromatic heterocycles. The molecule has 0 saturated heterocycles. The smallest absolute Gasteiger partial charge is 0.0619 e. The first kappa shape index (κ1) is 28.8. The average molecular weight is 624 g/mol. The topological polar surface area (TPSA) is 4.93 Å². The van der Waals surface area contributed by atoms with Gasteiger partial charge in [-0.05, 0) is 80.4 Å². The lowest BCUT2D eigenvalue weighted by molar-refractivity contribution is 1.18. The second kappa shape index (κ2) is 12.3. The molecule has 0 bridgehead atoms. The van der Waals surface area contributed by atoms with E-state index in [4.69, 9.17) is 0 Å². The van der Waals surface area contributed by atoms with Gasteiger partial charge in [-0.25, -0.2) is 0 Å². The average Bonchev–Trinajstić information content (AvgIpc) is 3.53. The normalized spacial score (nSPS) is 11.3. The Bertz CT molecular complexity index is 2530. The van der Waals surface area contributed by atoms with Gasteiger partial charge in [0.2, 0.25) is 0 Å². The highest BCUT2D eigenvalue weighted by atomic mass is 15.0. The van der Waals surface area contributed by atoms with E-state index >= 15 is 0 Å². The molecule has 1 heterocycles. The largest absolute Gasteiger partial charge is 0.309 e. The van der Waals surface area contributed by atoms with Crippen molar-refractivity contribution in [1.82, 2.24) is 4.57 Å². The molecule has 0 aliphatic carbocycles. The van der Waals surface area contributed by atoms with Crippen LogP contribution in [0.2, 0.25) is 0 Å². The summed E-state index contributed by atoms with van der Waals surface area (Å²) in [6, 6.07) is 72.4. The summed E-state index contributed by atoms with van der Waals surface area (Å²) in [7, 11) is 0. The second-order valence-electron chi connectivity index (χ2n) is 12.6. The molecule has 49 heavy (non-hydrogen) atoms. The molecular formula is C48H33N. The summed E-state index contributed by atoms with van der Waals surface area (Å²) in [5.41, 5.74) is 15.7. The fourth-order valence-corrected chi connectivity index (χ4v) is 7.14. The number of hydrogen-bond acceptors (Lipinski definition) is 0. The van der Waals surface area contributed by atoms with Crippen molar-refractivity contribution in [2.24, 2.45) is 0 Å². The van der Waals surface area contributed by atoms with Crippen molar-refractivity contribution in [2.45, 2.75) is 0 Å². The lowest BCUT2D eigenvalue weighted by atomic mass is 9.94. The van der Waals surface area contributed by atoms with Crippen molar-refractivity contribution < 1.29 is 0 Å². The van der Waals surface area contributed by atoms with Crippen molar-refractivity contribution in [3.8, 4) is 61.3 Å². The van der Waals surface area contributed by atoms with Gasteiger partial charge < -0.3 is 4.57 Å². The number of rotatable bonds is 6. The highest BCUT2D eigenvalue weighted by Crippen LogP contribution is 2.42. The molecule has 9 rings (SSSR count). The molecule has 0 amide bonds. The SMILES string of the molecule is c1ccc(-c2ccc(-c3ccc(-c4cc(-c5ccccc5)cc5c6ccccc6n(-c6ccc(-c7ccccc7)cc6)c45)cc3)cc2)cc1. The van der Waals surface area contributed by atoms with Gasteiger partial charge in [-0.3, -0.25) is 0 Å². The Kier molecular flexibility index (Phi) is 7.22. The van der Waals surface area contributed by atoms with E-state index in [0.717, 1.165) is 5.69 Å². The van der Waals surface area contributed by atoms with Crippen LogP contribution in [0.25, 0.3) is 83.1 Å². The molecular weight excluding hydrogens is 591 g/mol. The zero-order valence-electron chi connectivity index (χ0n) is 27.0. The molecule has 0 atom stereocenters. The van der Waals surface area contributed by atoms with Crippen molar-refractivity contribution >= 4 is 21.8 Å². The maximum Gasteiger partial charge on any atom is 0.0619 e. The quantitative estimate of drug-likeness (QED) is 0.174. The molecule has 0 aliphatic heterocycles. The maximum atomic E-state index is 2.44. The van der Waals surface area contributed by atoms with Gasteiger partial charge in [-0.15, -0.1) is 0 Å². The van der Waals surface area contributed by atoms with Gasteiger partial charge in [-0.1, -0.05) is 170 Å². The van der Waals surface area contributed by atoms with Crippen LogP contribution < -0.4 is 0 Å². The summed E-state index contributed by atoms with van der Waals surface area (Å²) in [6.45, 7) is 0. The molecule has 8 aromatic carbocycles. The van der Waals surface area contributed by atoms with Gasteiger partial charge in [0.05, 0.1) is 11.0 Å². The van der Waals surface area contributed by atoms with Crippen LogP contribution in [-0.2, 0) is 0 Å². The van der Waals surface area contributed by atoms with Gasteiger partial charge in [-0.2, -0.15) is 0 Å². The predicted octanol–water partition coefficient (Wildman–Crippen LogP) is 13.1. The molecule has 1 heteroatoms. The molecule has 0 radical (unpaired) electrons. The van der Waals surface area contributed by atoms with E-state index in [1.54, 1.807) is 0 Å². The standard InChI is InChI=1S/C48H33N/c1-4-12-34(13-5-1)37-20-22-38(23-21-37)39-24-26-41(27-25-39)45-32-42(36-16-8-3-9-17-36)33-46-44-18-10-11-19-47(44)49(48(45)46)43-30-28-40(29-31-43)35-14-6-2-7-15-35/h1-33H. The lowest BCUT2D eigenvalue weighted by Crippen LogP contribution is -1.96. The highest BCUT2D eigenvalue weighted by molar-refractivity contribution is 6.15. The summed E-state index contributed by atoms with van der Waals surface area (Å²) in [5, 5.41) is 2.50. The molecule has 0 spiro atoms. The van der Waals surface area contributed by atoms with E-state index in [2.05, 4.69) is 205 Å². The van der Waals surface area contributed by atoms with Crippen molar-refractivity contribution in [1.29, 1.82) is 0 Å². The zero-order chi connectivity index (χ0) is 32.6. The minimum absolute atomic E-state index is 1.15. The molecule has 230 valence electrons. The van der Waals surface area contributed by atoms with Gasteiger partial charge in [0.1, 0.15) is 0 Å². The molecule has 0 saturated carbocycles. The van der Waals surface area contributed by atoms with Gasteiger partial charge in [0, 0.05) is 22.0 Å². The van der Waals surface area contributed by atoms with Gasteiger partial charge >= 0.3 is 0 Å². The Morgan fingerprint density at radius 3 is 1.16 bits per heavy atom. The summed E-state index contributed by atoms with van der Waals surface area (Å²) in [5.74, 6) is 0. The van der Waals surface area contributed by atoms with Crippen molar-refractivity contribution in [3.05, 3.63) is 200 Å². The summed E-state index contributed by atoms with van der Waals surface area (Å²) < 4.78 is 2.44. The van der Waals surface area contributed by atoms with E-state index in [-0.39, 0.29) is 0 Å². The first-order chi connectivity index (χ1) is 24.3. The first-order valence-corrected chi connectivity index (χ1v) is 16.8. The third-order valence-electron chi connectivity index (χ3n) is 9.63. The van der Waals surface area contributed by atoms with Crippen LogP contribution in [0.3, 0.4) is 0 Å². The number of benzene rings is 8. The van der Waals surface area contributed by atoms with Crippen molar-refractivity contribution in [3.63, 3.8) is 0 Å². The van der Waals surface area contributed by atoms with E-state index in [1.165, 1.54) is 77.4 Å². The molecule has 0 fully saturated rings. The number of fused-ring (bicyclic) bond motifs is 3. The molecule has 0 aliphatic rings. The molecule has 1 nitrogen and oxygen atoms in total. The number of aromatic nitrogens is 1. The minimum atomic E-state index is 1.15. The summed E-state index contributed by atoms with van der Waals surface area (Å²) in [6.07, 6.45) is 0. The van der Waals surface area contributed by atoms with Crippen LogP contribution in [0.5, 0.6) is 0 Å². The molecule has 0 unspecified atom stereocenters. The van der Waals surface area contributed by atoms with Crippen LogP contribution in [0.15, 0.2) is 200 Å². The predicted molar refractivity (Wildman–Crippen MR) is 208 cm³/mol. The highest BCUT2D eigenvalue weighted by Gasteiger charge is 2.19. The van der Waals surface area contributed by atoms with Gasteiger partial charge in [0.15, 0.2) is 0 Å². The Balaban J connectivity index is 1.21. The van der Waals surface area contributed by atoms with Crippen molar-refractivity contribution in [2.75, 3.05) is 0 Å². The fourth-order valence-electron chi connectivity index (χ4n) is 7.14. The van der Waals surface area contributed by atoms with E-state index < -0.39 is 0 Å². The first-order valence-electron chi connectivity index (χ1n) is 16.8. The summed E-state index contributed by atoms with van der Waals surface area (Å²) >= 11 is 0. The van der Waals surface area contributed by atoms with Gasteiger partial charge in [0.25, 0.3) is 0 Å². The minimum Gasteiger partial charge on any atom is -0.309 e. The number of hydrogen-bond donors (Lipinski definition) is 0. The van der Waals surface area contributed by atoms with Crippen LogP contribution >= 0.6 is 0 Å². The van der Waals surface area contributed by atoms with Crippen LogP contribution in [-0.4, -0.2) is 4.57 Å². The third-order valence-corrected chi connectivity index (χ3v) is 9.63. The van der Waals surface area contributed by atoms with Crippen LogP contribution in [0.4, 0.5) is 0 Å². The third kappa shape index (κ3) is 5.32. The molecule has 0 N–H and O–H groups in total. The summed E-state index contributed by atoms with van der Waals surface area (Å²) in [4.78, 5) is 0. The Morgan fingerprint density at radius 1 is 0.265 bits per heavy atom. The monoisotopic (exact) mass is 623 g/mol. The van der Waals surface area contributed by atoms with E-state index in [1.807, 2.05) is 0 Å². The van der Waals surface area contributed by atoms with E-state index in [0.29, 0.717) is 0 Å².